The van der Waals surface area contributed by atoms with Gasteiger partial charge in [0.15, 0.2) is 0 Å². The van der Waals surface area contributed by atoms with Gasteiger partial charge in [-0.05, 0) is 6.92 Å². The van der Waals surface area contributed by atoms with E-state index in [-0.39, 0.29) is 24.8 Å². The van der Waals surface area contributed by atoms with Crippen LogP contribution in [0.15, 0.2) is 0 Å². The number of carbonyl (C=O) groups is 3. The molecule has 3 N–H and O–H groups in total. The molecule has 0 aliphatic rings. The number of nitrogens with one attached hydrogen (secondary N) is 2. The molecule has 0 saturated heterocycles. The van der Waals surface area contributed by atoms with Gasteiger partial charge in [0.1, 0.15) is 6.04 Å². The van der Waals surface area contributed by atoms with Crippen LogP contribution >= 0.6 is 0 Å². The molecule has 0 bridgehead atoms. The average molecular weight is 392 g/mol. The van der Waals surface area contributed by atoms with E-state index in [9.17, 15) is 14.4 Å². The Balaban J connectivity index is 3.22. The van der Waals surface area contributed by atoms with Gasteiger partial charge in [-0.15, -0.1) is 0 Å². The molecule has 0 fully saturated rings. The Labute approximate surface area is 159 Å². The third-order valence-electron chi connectivity index (χ3n) is 3.23. The molecule has 0 rings (SSSR count). The number of hydrogen-bond donors (Lipinski definition) is 3. The summed E-state index contributed by atoms with van der Waals surface area (Å²) in [4.78, 5) is 32.9. The molecule has 10 nitrogen and oxygen atoms in total. The van der Waals surface area contributed by atoms with Crippen LogP contribution in [0.25, 0.3) is 0 Å². The lowest BCUT2D eigenvalue weighted by atomic mass is 10.3. The smallest absolute Gasteiger partial charge is 0.325 e. The molecule has 0 aliphatic carbocycles. The Kier molecular flexibility index (Phi) is 16.5. The van der Waals surface area contributed by atoms with E-state index in [1.807, 2.05) is 0 Å². The first kappa shape index (κ1) is 25.2. The predicted molar refractivity (Wildman–Crippen MR) is 96.4 cm³/mol. The van der Waals surface area contributed by atoms with Gasteiger partial charge in [0.05, 0.1) is 52.9 Å². The minimum atomic E-state index is -1.08. The van der Waals surface area contributed by atoms with Crippen molar-refractivity contribution in [2.24, 2.45) is 0 Å². The molecular weight excluding hydrogens is 360 g/mol. The maximum absolute atomic E-state index is 11.4. The topological polar surface area (TPSA) is 132 Å². The van der Waals surface area contributed by atoms with E-state index in [1.54, 1.807) is 6.92 Å². The summed E-state index contributed by atoms with van der Waals surface area (Å²) >= 11 is 0. The number of ether oxygens (including phenoxy) is 4. The van der Waals surface area contributed by atoms with Crippen LogP contribution in [0.4, 0.5) is 0 Å². The van der Waals surface area contributed by atoms with E-state index in [4.69, 9.17) is 24.1 Å². The van der Waals surface area contributed by atoms with Crippen LogP contribution < -0.4 is 10.6 Å². The molecule has 10 heteroatoms. The second-order valence-electron chi connectivity index (χ2n) is 5.53. The van der Waals surface area contributed by atoms with Crippen molar-refractivity contribution in [2.45, 2.75) is 32.7 Å². The molecule has 158 valence electrons. The fraction of sp³-hybridized carbons (Fsp3) is 0.824. The molecule has 27 heavy (non-hydrogen) atoms. The van der Waals surface area contributed by atoms with E-state index < -0.39 is 12.0 Å². The van der Waals surface area contributed by atoms with E-state index in [0.717, 1.165) is 0 Å². The first-order valence-corrected chi connectivity index (χ1v) is 9.07. The number of aliphatic carboxylic acids is 1. The summed E-state index contributed by atoms with van der Waals surface area (Å²) in [6.07, 6.45) is 0.568. The second-order valence-corrected chi connectivity index (χ2v) is 5.53. The van der Waals surface area contributed by atoms with Gasteiger partial charge in [0.2, 0.25) is 11.8 Å². The SMILES string of the molecule is CCC(=O)NCCOCCOCCOCCOCCC(=O)NC(C)C(=O)O. The number of carboxylic acids is 1. The fourth-order valence-corrected chi connectivity index (χ4v) is 1.69. The zero-order chi connectivity index (χ0) is 20.3. The number of carbonyl (C=O) groups excluding carboxylic acids is 2. The minimum absolute atomic E-state index is 0.00651. The molecule has 0 spiro atoms. The van der Waals surface area contributed by atoms with Gasteiger partial charge >= 0.3 is 5.97 Å². The highest BCUT2D eigenvalue weighted by molar-refractivity contribution is 5.83. The van der Waals surface area contributed by atoms with Gasteiger partial charge in [-0.25, -0.2) is 0 Å². The highest BCUT2D eigenvalue weighted by Gasteiger charge is 2.13. The summed E-state index contributed by atoms with van der Waals surface area (Å²) in [5.74, 6) is -1.44. The maximum Gasteiger partial charge on any atom is 0.325 e. The Morgan fingerprint density at radius 1 is 0.815 bits per heavy atom. The number of carboxylic acid groups (broad SMARTS) is 1. The first-order valence-electron chi connectivity index (χ1n) is 9.07. The minimum Gasteiger partial charge on any atom is -0.480 e. The molecule has 0 radical (unpaired) electrons. The van der Waals surface area contributed by atoms with Gasteiger partial charge in [-0.1, -0.05) is 6.92 Å². The van der Waals surface area contributed by atoms with Crippen LogP contribution in [0.3, 0.4) is 0 Å². The number of amides is 2. The third-order valence-corrected chi connectivity index (χ3v) is 3.23. The molecule has 1 atom stereocenters. The van der Waals surface area contributed by atoms with Gasteiger partial charge < -0.3 is 34.7 Å². The lowest BCUT2D eigenvalue weighted by Gasteiger charge is -2.09. The molecule has 0 aromatic rings. The fourth-order valence-electron chi connectivity index (χ4n) is 1.69. The van der Waals surface area contributed by atoms with E-state index in [0.29, 0.717) is 59.2 Å². The quantitative estimate of drug-likeness (QED) is 0.267. The lowest BCUT2D eigenvalue weighted by Crippen LogP contribution is -2.38. The summed E-state index contributed by atoms with van der Waals surface area (Å²) in [6, 6.07) is -0.909. The van der Waals surface area contributed by atoms with Crippen LogP contribution in [0, 0.1) is 0 Å². The molecule has 1 unspecified atom stereocenters. The van der Waals surface area contributed by atoms with Crippen molar-refractivity contribution in [1.29, 1.82) is 0 Å². The van der Waals surface area contributed by atoms with Crippen molar-refractivity contribution in [2.75, 3.05) is 59.4 Å². The monoisotopic (exact) mass is 392 g/mol. The second kappa shape index (κ2) is 17.7. The Hall–Kier alpha value is -1.75. The van der Waals surface area contributed by atoms with Gasteiger partial charge in [0, 0.05) is 19.4 Å². The zero-order valence-corrected chi connectivity index (χ0v) is 16.2. The summed E-state index contributed by atoms with van der Waals surface area (Å²) in [5, 5.41) is 13.7. The molecule has 0 aromatic heterocycles. The molecule has 0 saturated carbocycles. The van der Waals surface area contributed by atoms with E-state index in [1.165, 1.54) is 6.92 Å². The van der Waals surface area contributed by atoms with Gasteiger partial charge in [-0.3, -0.25) is 14.4 Å². The van der Waals surface area contributed by atoms with Gasteiger partial charge in [-0.2, -0.15) is 0 Å². The summed E-state index contributed by atoms with van der Waals surface area (Å²) in [6.45, 7) is 6.83. The van der Waals surface area contributed by atoms with Crippen molar-refractivity contribution < 1.29 is 38.4 Å². The lowest BCUT2D eigenvalue weighted by molar-refractivity contribution is -0.141. The standard InChI is InChI=1S/C17H32N2O8/c1-3-15(20)18-5-7-25-9-11-27-13-12-26-10-8-24-6-4-16(21)19-14(2)17(22)23/h14H,3-13H2,1-2H3,(H,18,20)(H,19,21)(H,22,23). The third kappa shape index (κ3) is 17.4. The van der Waals surface area contributed by atoms with E-state index in [2.05, 4.69) is 10.6 Å². The van der Waals surface area contributed by atoms with Crippen LogP contribution in [0.5, 0.6) is 0 Å². The van der Waals surface area contributed by atoms with E-state index >= 15 is 0 Å². The first-order chi connectivity index (χ1) is 13.0. The Bertz CT molecular complexity index is 420. The molecular formula is C17H32N2O8. The highest BCUT2D eigenvalue weighted by atomic mass is 16.6. The summed E-state index contributed by atoms with van der Waals surface area (Å²) in [5.41, 5.74) is 0. The van der Waals surface area contributed by atoms with Crippen LogP contribution in [-0.2, 0) is 33.3 Å². The van der Waals surface area contributed by atoms with Crippen molar-refractivity contribution in [3.8, 4) is 0 Å². The molecule has 0 heterocycles. The van der Waals surface area contributed by atoms with Crippen LogP contribution in [0.1, 0.15) is 26.7 Å². The largest absolute Gasteiger partial charge is 0.480 e. The predicted octanol–water partition coefficient (Wildman–Crippen LogP) is -0.442. The van der Waals surface area contributed by atoms with Gasteiger partial charge in [0.25, 0.3) is 0 Å². The summed E-state index contributed by atoms with van der Waals surface area (Å²) < 4.78 is 21.1. The Morgan fingerprint density at radius 2 is 1.30 bits per heavy atom. The van der Waals surface area contributed by atoms with Crippen molar-refractivity contribution in [3.63, 3.8) is 0 Å². The number of hydrogen-bond acceptors (Lipinski definition) is 7. The average Bonchev–Trinajstić information content (AvgIpc) is 2.64. The van der Waals surface area contributed by atoms with Crippen LogP contribution in [0.2, 0.25) is 0 Å². The molecule has 0 aromatic carbocycles. The van der Waals surface area contributed by atoms with Crippen molar-refractivity contribution in [3.05, 3.63) is 0 Å². The number of rotatable bonds is 18. The highest BCUT2D eigenvalue weighted by Crippen LogP contribution is 1.88. The van der Waals surface area contributed by atoms with Crippen molar-refractivity contribution in [1.82, 2.24) is 10.6 Å². The summed E-state index contributed by atoms with van der Waals surface area (Å²) in [7, 11) is 0. The Morgan fingerprint density at radius 3 is 1.78 bits per heavy atom. The zero-order valence-electron chi connectivity index (χ0n) is 16.2. The van der Waals surface area contributed by atoms with Crippen LogP contribution in [-0.4, -0.2) is 88.3 Å². The molecule has 2 amide bonds. The maximum atomic E-state index is 11.4. The normalized spacial score (nSPS) is 11.8. The van der Waals surface area contributed by atoms with Crippen molar-refractivity contribution >= 4 is 17.8 Å². The molecule has 0 aliphatic heterocycles.